The van der Waals surface area contributed by atoms with Crippen molar-refractivity contribution >= 4 is 11.3 Å². The molecule has 0 saturated heterocycles. The molecule has 2 atom stereocenters. The second-order valence-corrected chi connectivity index (χ2v) is 5.75. The standard InChI is InChI=1S/C15H17NO2S/c16-9-12(14-2-1-7-19-14)15(17)11-3-4-13-10(8-11)5-6-18-13/h1-4,7-8,12,15,17H,5-6,9,16H2. The lowest BCUT2D eigenvalue weighted by Gasteiger charge is -2.21. The van der Waals surface area contributed by atoms with E-state index in [0.717, 1.165) is 29.2 Å². The average Bonchev–Trinajstić information content (AvgIpc) is 3.09. The normalized spacial score (nSPS) is 16.7. The van der Waals surface area contributed by atoms with Crippen LogP contribution in [0.25, 0.3) is 0 Å². The third kappa shape index (κ3) is 2.39. The Bertz CT molecular complexity index is 553. The molecular weight excluding hydrogens is 258 g/mol. The van der Waals surface area contributed by atoms with Gasteiger partial charge < -0.3 is 15.6 Å². The molecule has 0 amide bonds. The second kappa shape index (κ2) is 5.33. The molecule has 2 aromatic rings. The van der Waals surface area contributed by atoms with Gasteiger partial charge in [-0.05, 0) is 34.7 Å². The summed E-state index contributed by atoms with van der Waals surface area (Å²) in [5.74, 6) is 0.900. The van der Waals surface area contributed by atoms with Crippen LogP contribution in [-0.2, 0) is 6.42 Å². The van der Waals surface area contributed by atoms with Gasteiger partial charge >= 0.3 is 0 Å². The van der Waals surface area contributed by atoms with E-state index < -0.39 is 6.10 Å². The summed E-state index contributed by atoms with van der Waals surface area (Å²) >= 11 is 1.64. The van der Waals surface area contributed by atoms with E-state index in [1.807, 2.05) is 35.7 Å². The number of ether oxygens (including phenoxy) is 1. The maximum absolute atomic E-state index is 10.6. The Morgan fingerprint density at radius 2 is 2.26 bits per heavy atom. The van der Waals surface area contributed by atoms with Crippen molar-refractivity contribution in [2.75, 3.05) is 13.2 Å². The van der Waals surface area contributed by atoms with Crippen molar-refractivity contribution in [3.63, 3.8) is 0 Å². The molecule has 0 radical (unpaired) electrons. The van der Waals surface area contributed by atoms with Crippen LogP contribution in [0.2, 0.25) is 0 Å². The molecule has 1 aromatic heterocycles. The number of thiophene rings is 1. The summed E-state index contributed by atoms with van der Waals surface area (Å²) in [6, 6.07) is 9.95. The summed E-state index contributed by atoms with van der Waals surface area (Å²) in [4.78, 5) is 1.13. The van der Waals surface area contributed by atoms with Crippen LogP contribution >= 0.6 is 11.3 Å². The quantitative estimate of drug-likeness (QED) is 0.901. The first kappa shape index (κ1) is 12.7. The molecule has 0 fully saturated rings. The Balaban J connectivity index is 1.88. The van der Waals surface area contributed by atoms with Crippen LogP contribution in [0.4, 0.5) is 0 Å². The van der Waals surface area contributed by atoms with Crippen molar-refractivity contribution in [2.45, 2.75) is 18.4 Å². The van der Waals surface area contributed by atoms with Gasteiger partial charge in [0, 0.05) is 23.8 Å². The van der Waals surface area contributed by atoms with Crippen molar-refractivity contribution < 1.29 is 9.84 Å². The molecule has 4 heteroatoms. The number of benzene rings is 1. The fourth-order valence-corrected chi connectivity index (χ4v) is 3.40. The predicted molar refractivity (Wildman–Crippen MR) is 76.7 cm³/mol. The Kier molecular flexibility index (Phi) is 3.55. The zero-order valence-corrected chi connectivity index (χ0v) is 11.4. The van der Waals surface area contributed by atoms with Gasteiger partial charge in [-0.3, -0.25) is 0 Å². The Hall–Kier alpha value is -1.36. The number of aliphatic hydroxyl groups excluding tert-OH is 1. The minimum absolute atomic E-state index is 0.0413. The largest absolute Gasteiger partial charge is 0.493 e. The topological polar surface area (TPSA) is 55.5 Å². The van der Waals surface area contributed by atoms with Crippen molar-refractivity contribution in [2.24, 2.45) is 5.73 Å². The van der Waals surface area contributed by atoms with Gasteiger partial charge in [0.2, 0.25) is 0 Å². The molecule has 0 saturated carbocycles. The molecule has 0 bridgehead atoms. The van der Waals surface area contributed by atoms with E-state index in [9.17, 15) is 5.11 Å². The van der Waals surface area contributed by atoms with Crippen LogP contribution in [-0.4, -0.2) is 18.3 Å². The fraction of sp³-hybridized carbons (Fsp3) is 0.333. The molecule has 3 N–H and O–H groups in total. The summed E-state index contributed by atoms with van der Waals surface area (Å²) in [7, 11) is 0. The zero-order chi connectivity index (χ0) is 13.2. The molecule has 3 nitrogen and oxygen atoms in total. The summed E-state index contributed by atoms with van der Waals surface area (Å²) in [5.41, 5.74) is 7.94. The van der Waals surface area contributed by atoms with E-state index in [1.54, 1.807) is 11.3 Å². The Morgan fingerprint density at radius 3 is 3.00 bits per heavy atom. The monoisotopic (exact) mass is 275 g/mol. The van der Waals surface area contributed by atoms with Gasteiger partial charge in [0.15, 0.2) is 0 Å². The average molecular weight is 275 g/mol. The van der Waals surface area contributed by atoms with Crippen LogP contribution < -0.4 is 10.5 Å². The summed E-state index contributed by atoms with van der Waals surface area (Å²) in [6.45, 7) is 1.18. The van der Waals surface area contributed by atoms with Gasteiger partial charge in [-0.2, -0.15) is 0 Å². The van der Waals surface area contributed by atoms with Crippen LogP contribution in [0.3, 0.4) is 0 Å². The molecule has 1 aliphatic heterocycles. The fourth-order valence-electron chi connectivity index (χ4n) is 2.53. The Morgan fingerprint density at radius 1 is 1.37 bits per heavy atom. The number of rotatable bonds is 4. The van der Waals surface area contributed by atoms with Crippen LogP contribution in [0.15, 0.2) is 35.7 Å². The van der Waals surface area contributed by atoms with Crippen LogP contribution in [0, 0.1) is 0 Å². The lowest BCUT2D eigenvalue weighted by molar-refractivity contribution is 0.148. The maximum atomic E-state index is 10.6. The van der Waals surface area contributed by atoms with E-state index in [2.05, 4.69) is 0 Å². The van der Waals surface area contributed by atoms with Gasteiger partial charge in [-0.15, -0.1) is 11.3 Å². The number of aliphatic hydroxyl groups is 1. The van der Waals surface area contributed by atoms with Gasteiger partial charge in [0.1, 0.15) is 5.75 Å². The molecule has 1 aromatic carbocycles. The number of nitrogens with two attached hydrogens (primary N) is 1. The molecular formula is C15H17NO2S. The van der Waals surface area contributed by atoms with E-state index in [1.165, 1.54) is 5.56 Å². The first-order valence-corrected chi connectivity index (χ1v) is 7.34. The lowest BCUT2D eigenvalue weighted by atomic mass is 9.93. The van der Waals surface area contributed by atoms with E-state index in [-0.39, 0.29) is 5.92 Å². The lowest BCUT2D eigenvalue weighted by Crippen LogP contribution is -2.19. The molecule has 100 valence electrons. The highest BCUT2D eigenvalue weighted by molar-refractivity contribution is 7.10. The predicted octanol–water partition coefficient (Wildman–Crippen LogP) is 2.46. The maximum Gasteiger partial charge on any atom is 0.122 e. The third-order valence-corrected chi connectivity index (χ3v) is 4.60. The summed E-state index contributed by atoms with van der Waals surface area (Å²) in [6.07, 6.45) is 0.358. The van der Waals surface area contributed by atoms with E-state index >= 15 is 0 Å². The SMILES string of the molecule is NCC(c1cccs1)C(O)c1ccc2c(c1)CCO2. The van der Waals surface area contributed by atoms with Gasteiger partial charge in [-0.1, -0.05) is 12.1 Å². The molecule has 3 rings (SSSR count). The van der Waals surface area contributed by atoms with Crippen LogP contribution in [0.5, 0.6) is 5.75 Å². The summed E-state index contributed by atoms with van der Waals surface area (Å²) < 4.78 is 5.49. The first-order valence-electron chi connectivity index (χ1n) is 6.46. The highest BCUT2D eigenvalue weighted by atomic mass is 32.1. The smallest absolute Gasteiger partial charge is 0.122 e. The molecule has 1 aliphatic rings. The van der Waals surface area contributed by atoms with Gasteiger partial charge in [0.25, 0.3) is 0 Å². The molecule has 2 unspecified atom stereocenters. The second-order valence-electron chi connectivity index (χ2n) is 4.77. The molecule has 0 aliphatic carbocycles. The van der Waals surface area contributed by atoms with Gasteiger partial charge in [-0.25, -0.2) is 0 Å². The first-order chi connectivity index (χ1) is 9.29. The minimum atomic E-state index is -0.561. The highest BCUT2D eigenvalue weighted by Gasteiger charge is 2.24. The molecule has 2 heterocycles. The third-order valence-electron chi connectivity index (χ3n) is 3.60. The van der Waals surface area contributed by atoms with E-state index in [0.29, 0.717) is 6.54 Å². The minimum Gasteiger partial charge on any atom is -0.493 e. The molecule has 19 heavy (non-hydrogen) atoms. The van der Waals surface area contributed by atoms with Gasteiger partial charge in [0.05, 0.1) is 12.7 Å². The van der Waals surface area contributed by atoms with Crippen LogP contribution in [0.1, 0.15) is 28.0 Å². The zero-order valence-electron chi connectivity index (χ0n) is 10.6. The van der Waals surface area contributed by atoms with E-state index in [4.69, 9.17) is 10.5 Å². The van der Waals surface area contributed by atoms with Crippen molar-refractivity contribution in [3.8, 4) is 5.75 Å². The number of fused-ring (bicyclic) bond motifs is 1. The number of hydrogen-bond acceptors (Lipinski definition) is 4. The van der Waals surface area contributed by atoms with Crippen molar-refractivity contribution in [3.05, 3.63) is 51.7 Å². The van der Waals surface area contributed by atoms with Crippen molar-refractivity contribution in [1.82, 2.24) is 0 Å². The number of hydrogen-bond donors (Lipinski definition) is 2. The highest BCUT2D eigenvalue weighted by Crippen LogP contribution is 2.35. The Labute approximate surface area is 116 Å². The van der Waals surface area contributed by atoms with Crippen molar-refractivity contribution in [1.29, 1.82) is 0 Å². The molecule has 0 spiro atoms. The summed E-state index contributed by atoms with van der Waals surface area (Å²) in [5, 5.41) is 12.6.